The molecule has 0 unspecified atom stereocenters. The van der Waals surface area contributed by atoms with E-state index in [1.54, 1.807) is 0 Å². The molecule has 1 saturated heterocycles. The molecule has 0 spiro atoms. The SMILES string of the molecule is S=C(Cc1ccc(C2CC2)cc1)N1CCOCC1. The van der Waals surface area contributed by atoms with Gasteiger partial charge in [-0.2, -0.15) is 0 Å². The molecule has 2 fully saturated rings. The lowest BCUT2D eigenvalue weighted by molar-refractivity contribution is 0.0685. The van der Waals surface area contributed by atoms with Crippen LogP contribution in [0.15, 0.2) is 24.3 Å². The number of hydrogen-bond donors (Lipinski definition) is 0. The van der Waals surface area contributed by atoms with Crippen molar-refractivity contribution in [3.63, 3.8) is 0 Å². The predicted molar refractivity (Wildman–Crippen MR) is 77.1 cm³/mol. The number of benzene rings is 1. The fraction of sp³-hybridized carbons (Fsp3) is 0.533. The summed E-state index contributed by atoms with van der Waals surface area (Å²) in [5, 5.41) is 0. The standard InChI is InChI=1S/C15H19NOS/c18-15(16-7-9-17-10-8-16)11-12-1-3-13(4-2-12)14-5-6-14/h1-4,14H,5-11H2. The molecule has 1 aromatic carbocycles. The van der Waals surface area contributed by atoms with Gasteiger partial charge in [0.1, 0.15) is 0 Å². The minimum absolute atomic E-state index is 0.806. The maximum Gasteiger partial charge on any atom is 0.0825 e. The summed E-state index contributed by atoms with van der Waals surface area (Å²) in [4.78, 5) is 3.32. The van der Waals surface area contributed by atoms with E-state index < -0.39 is 0 Å². The molecule has 1 saturated carbocycles. The van der Waals surface area contributed by atoms with Gasteiger partial charge in [-0.1, -0.05) is 36.5 Å². The molecule has 1 aliphatic heterocycles. The Kier molecular flexibility index (Phi) is 3.62. The summed E-state index contributed by atoms with van der Waals surface area (Å²) in [6.07, 6.45) is 3.62. The highest BCUT2D eigenvalue weighted by molar-refractivity contribution is 7.80. The highest BCUT2D eigenvalue weighted by atomic mass is 32.1. The number of rotatable bonds is 3. The number of thiocarbonyl (C=S) groups is 1. The largest absolute Gasteiger partial charge is 0.378 e. The zero-order valence-electron chi connectivity index (χ0n) is 10.6. The van der Waals surface area contributed by atoms with E-state index >= 15 is 0 Å². The van der Waals surface area contributed by atoms with E-state index in [-0.39, 0.29) is 0 Å². The van der Waals surface area contributed by atoms with Crippen LogP contribution in [0.4, 0.5) is 0 Å². The summed E-state index contributed by atoms with van der Waals surface area (Å²) in [6.45, 7) is 3.50. The second-order valence-electron chi connectivity index (χ2n) is 5.19. The van der Waals surface area contributed by atoms with Crippen LogP contribution in [-0.4, -0.2) is 36.2 Å². The minimum Gasteiger partial charge on any atom is -0.378 e. The number of nitrogens with zero attached hydrogens (tertiary/aromatic N) is 1. The van der Waals surface area contributed by atoms with Crippen LogP contribution in [-0.2, 0) is 11.2 Å². The molecule has 2 nitrogen and oxygen atoms in total. The number of ether oxygens (including phenoxy) is 1. The van der Waals surface area contributed by atoms with E-state index in [0.717, 1.165) is 43.6 Å². The Bertz CT molecular complexity index is 419. The van der Waals surface area contributed by atoms with Gasteiger partial charge in [0, 0.05) is 19.5 Å². The first-order valence-electron chi connectivity index (χ1n) is 6.77. The average molecular weight is 261 g/mol. The monoisotopic (exact) mass is 261 g/mol. The van der Waals surface area contributed by atoms with Gasteiger partial charge in [0.05, 0.1) is 18.2 Å². The molecule has 0 atom stereocenters. The molecular weight excluding hydrogens is 242 g/mol. The van der Waals surface area contributed by atoms with Crippen molar-refractivity contribution in [1.29, 1.82) is 0 Å². The van der Waals surface area contributed by atoms with E-state index in [1.165, 1.54) is 24.0 Å². The highest BCUT2D eigenvalue weighted by Crippen LogP contribution is 2.39. The Balaban J connectivity index is 1.59. The van der Waals surface area contributed by atoms with Gasteiger partial charge in [0.2, 0.25) is 0 Å². The van der Waals surface area contributed by atoms with Crippen molar-refractivity contribution in [2.45, 2.75) is 25.2 Å². The summed E-state index contributed by atoms with van der Waals surface area (Å²) >= 11 is 5.52. The number of morpholine rings is 1. The molecule has 2 aliphatic rings. The summed E-state index contributed by atoms with van der Waals surface area (Å²) in [6, 6.07) is 9.02. The third-order valence-electron chi connectivity index (χ3n) is 3.75. The van der Waals surface area contributed by atoms with Crippen molar-refractivity contribution in [2.75, 3.05) is 26.3 Å². The third-order valence-corrected chi connectivity index (χ3v) is 4.15. The van der Waals surface area contributed by atoms with E-state index in [0.29, 0.717) is 0 Å². The van der Waals surface area contributed by atoms with E-state index in [9.17, 15) is 0 Å². The fourth-order valence-electron chi connectivity index (χ4n) is 2.42. The van der Waals surface area contributed by atoms with Gasteiger partial charge in [-0.3, -0.25) is 0 Å². The topological polar surface area (TPSA) is 12.5 Å². The lowest BCUT2D eigenvalue weighted by atomic mass is 10.1. The Labute approximate surface area is 114 Å². The van der Waals surface area contributed by atoms with Gasteiger partial charge >= 0.3 is 0 Å². The van der Waals surface area contributed by atoms with Gasteiger partial charge in [0.25, 0.3) is 0 Å². The van der Waals surface area contributed by atoms with Gasteiger partial charge in [-0.25, -0.2) is 0 Å². The lowest BCUT2D eigenvalue weighted by Gasteiger charge is -2.29. The van der Waals surface area contributed by atoms with E-state index in [4.69, 9.17) is 17.0 Å². The van der Waals surface area contributed by atoms with Crippen LogP contribution in [0.5, 0.6) is 0 Å². The van der Waals surface area contributed by atoms with Crippen molar-refractivity contribution < 1.29 is 4.74 Å². The zero-order chi connectivity index (χ0) is 12.4. The molecule has 0 aromatic heterocycles. The van der Waals surface area contributed by atoms with Crippen molar-refractivity contribution in [1.82, 2.24) is 4.90 Å². The van der Waals surface area contributed by atoms with Crippen LogP contribution in [0, 0.1) is 0 Å². The first kappa shape index (κ1) is 12.1. The summed E-state index contributed by atoms with van der Waals surface area (Å²) in [5.74, 6) is 0.838. The maximum absolute atomic E-state index is 5.52. The van der Waals surface area contributed by atoms with Crippen LogP contribution < -0.4 is 0 Å². The van der Waals surface area contributed by atoms with Crippen molar-refractivity contribution in [2.24, 2.45) is 0 Å². The molecule has 96 valence electrons. The molecule has 0 amide bonds. The molecule has 0 radical (unpaired) electrons. The molecule has 1 heterocycles. The Morgan fingerprint density at radius 2 is 1.83 bits per heavy atom. The van der Waals surface area contributed by atoms with E-state index in [2.05, 4.69) is 29.2 Å². The lowest BCUT2D eigenvalue weighted by Crippen LogP contribution is -2.40. The van der Waals surface area contributed by atoms with E-state index in [1.807, 2.05) is 0 Å². The molecule has 1 aromatic rings. The maximum atomic E-state index is 5.52. The van der Waals surface area contributed by atoms with Gasteiger partial charge in [-0.15, -0.1) is 0 Å². The van der Waals surface area contributed by atoms with Crippen molar-refractivity contribution in [3.05, 3.63) is 35.4 Å². The molecule has 1 aliphatic carbocycles. The van der Waals surface area contributed by atoms with Gasteiger partial charge < -0.3 is 9.64 Å². The normalized spacial score (nSPS) is 19.9. The summed E-state index contributed by atoms with van der Waals surface area (Å²) in [7, 11) is 0. The smallest absolute Gasteiger partial charge is 0.0825 e. The Hall–Kier alpha value is -0.930. The van der Waals surface area contributed by atoms with Crippen LogP contribution >= 0.6 is 12.2 Å². The van der Waals surface area contributed by atoms with Gasteiger partial charge in [0.15, 0.2) is 0 Å². The zero-order valence-corrected chi connectivity index (χ0v) is 11.4. The first-order chi connectivity index (χ1) is 8.83. The third kappa shape index (κ3) is 2.90. The molecule has 3 rings (SSSR count). The summed E-state index contributed by atoms with van der Waals surface area (Å²) < 4.78 is 5.35. The first-order valence-corrected chi connectivity index (χ1v) is 7.18. The molecular formula is C15H19NOS. The minimum atomic E-state index is 0.806. The molecule has 18 heavy (non-hydrogen) atoms. The number of hydrogen-bond acceptors (Lipinski definition) is 2. The molecule has 0 N–H and O–H groups in total. The molecule has 3 heteroatoms. The predicted octanol–water partition coefficient (Wildman–Crippen LogP) is 2.77. The van der Waals surface area contributed by atoms with Crippen LogP contribution in [0.3, 0.4) is 0 Å². The quantitative estimate of drug-likeness (QED) is 0.776. The van der Waals surface area contributed by atoms with Crippen molar-refractivity contribution in [3.8, 4) is 0 Å². The van der Waals surface area contributed by atoms with Crippen LogP contribution in [0.25, 0.3) is 0 Å². The summed E-state index contributed by atoms with van der Waals surface area (Å²) in [5.41, 5.74) is 2.83. The Morgan fingerprint density at radius 1 is 1.17 bits per heavy atom. The van der Waals surface area contributed by atoms with Crippen LogP contribution in [0.1, 0.15) is 29.9 Å². The average Bonchev–Trinajstić information content (AvgIpc) is 3.25. The second-order valence-corrected chi connectivity index (χ2v) is 5.66. The fourth-order valence-corrected chi connectivity index (χ4v) is 2.77. The molecule has 0 bridgehead atoms. The van der Waals surface area contributed by atoms with Crippen LogP contribution in [0.2, 0.25) is 0 Å². The Morgan fingerprint density at radius 3 is 2.44 bits per heavy atom. The second kappa shape index (κ2) is 5.37. The highest BCUT2D eigenvalue weighted by Gasteiger charge is 2.23. The van der Waals surface area contributed by atoms with Crippen molar-refractivity contribution >= 4 is 17.2 Å². The van der Waals surface area contributed by atoms with Gasteiger partial charge in [-0.05, 0) is 29.9 Å².